The summed E-state index contributed by atoms with van der Waals surface area (Å²) >= 11 is 0. The normalized spacial score (nSPS) is 12.5. The highest BCUT2D eigenvalue weighted by molar-refractivity contribution is 5.95. The SMILES string of the molecule is C=C(c1ccc2cc(-c3ccc4cc(-c5nc6c(n5-c5ccccc5)CCC=C6)ccc4c3)ccc2c1)n1c(-c2ccccc2C)nc2ccccc21. The number of imidazole rings is 2. The van der Waals surface area contributed by atoms with Crippen molar-refractivity contribution in [2.45, 2.75) is 19.8 Å². The Morgan fingerprint density at radius 3 is 2.02 bits per heavy atom. The molecule has 0 bridgehead atoms. The molecule has 252 valence electrons. The van der Waals surface area contributed by atoms with Crippen molar-refractivity contribution in [3.8, 4) is 39.6 Å². The topological polar surface area (TPSA) is 35.6 Å². The van der Waals surface area contributed by atoms with Crippen LogP contribution in [-0.4, -0.2) is 19.1 Å². The number of aromatic nitrogens is 4. The fourth-order valence-corrected chi connectivity index (χ4v) is 7.91. The molecule has 53 heavy (non-hydrogen) atoms. The molecule has 0 spiro atoms. The van der Waals surface area contributed by atoms with Crippen LogP contribution in [0.15, 0.2) is 164 Å². The van der Waals surface area contributed by atoms with Crippen molar-refractivity contribution < 1.29 is 0 Å². The van der Waals surface area contributed by atoms with Gasteiger partial charge in [-0.15, -0.1) is 0 Å². The van der Waals surface area contributed by atoms with E-state index in [1.165, 1.54) is 43.9 Å². The number of benzene rings is 7. The summed E-state index contributed by atoms with van der Waals surface area (Å²) in [6.07, 6.45) is 6.42. The van der Waals surface area contributed by atoms with Crippen LogP contribution >= 0.6 is 0 Å². The van der Waals surface area contributed by atoms with Crippen molar-refractivity contribution in [3.05, 3.63) is 187 Å². The van der Waals surface area contributed by atoms with Gasteiger partial charge >= 0.3 is 0 Å². The highest BCUT2D eigenvalue weighted by Crippen LogP contribution is 2.36. The lowest BCUT2D eigenvalue weighted by Crippen LogP contribution is -2.04. The molecule has 0 atom stereocenters. The second-order valence-corrected chi connectivity index (χ2v) is 14.0. The summed E-state index contributed by atoms with van der Waals surface area (Å²) in [6.45, 7) is 6.75. The van der Waals surface area contributed by atoms with Crippen molar-refractivity contribution in [2.24, 2.45) is 0 Å². The molecule has 0 radical (unpaired) electrons. The Morgan fingerprint density at radius 1 is 0.604 bits per heavy atom. The largest absolute Gasteiger partial charge is 0.296 e. The second-order valence-electron chi connectivity index (χ2n) is 14.0. The number of para-hydroxylation sites is 3. The van der Waals surface area contributed by atoms with Crippen molar-refractivity contribution in [1.82, 2.24) is 19.1 Å². The monoisotopic (exact) mass is 680 g/mol. The van der Waals surface area contributed by atoms with E-state index in [-0.39, 0.29) is 0 Å². The summed E-state index contributed by atoms with van der Waals surface area (Å²) < 4.78 is 4.54. The van der Waals surface area contributed by atoms with E-state index in [0.717, 1.165) is 69.3 Å². The minimum absolute atomic E-state index is 0.902. The second kappa shape index (κ2) is 12.5. The van der Waals surface area contributed by atoms with Crippen LogP contribution < -0.4 is 0 Å². The lowest BCUT2D eigenvalue weighted by Gasteiger charge is -2.15. The van der Waals surface area contributed by atoms with Gasteiger partial charge in [-0.05, 0) is 118 Å². The molecule has 2 heterocycles. The maximum atomic E-state index is 5.13. The van der Waals surface area contributed by atoms with Gasteiger partial charge in [0.15, 0.2) is 0 Å². The van der Waals surface area contributed by atoms with Crippen LogP contribution in [-0.2, 0) is 6.42 Å². The summed E-state index contributed by atoms with van der Waals surface area (Å²) in [6, 6.07) is 54.2. The maximum Gasteiger partial charge on any atom is 0.145 e. The number of aryl methyl sites for hydroxylation is 1. The van der Waals surface area contributed by atoms with E-state index in [4.69, 9.17) is 9.97 Å². The number of nitrogens with zero attached hydrogens (tertiary/aromatic N) is 4. The zero-order chi connectivity index (χ0) is 35.5. The van der Waals surface area contributed by atoms with Crippen molar-refractivity contribution in [3.63, 3.8) is 0 Å². The Bertz CT molecular complexity index is 2920. The van der Waals surface area contributed by atoms with Crippen LogP contribution in [0.2, 0.25) is 0 Å². The van der Waals surface area contributed by atoms with Crippen LogP contribution in [0.25, 0.3) is 83.9 Å². The fourth-order valence-electron chi connectivity index (χ4n) is 7.91. The molecule has 10 rings (SSSR count). The standard InChI is InChI=1S/C49H36N4/c1-32-12-6-7-15-43(32)49-51-44-16-8-10-18-46(44)52(49)33(2)34-20-21-36-29-37(23-22-35(36)28-34)38-24-25-40-31-41(27-26-39(40)30-38)48-50-45-17-9-11-19-47(45)53(48)42-13-4-3-5-14-42/h3-10,12-18,20-31H,2,11,19H2,1H3. The van der Waals surface area contributed by atoms with Gasteiger partial charge in [0.05, 0.1) is 22.4 Å². The summed E-state index contributed by atoms with van der Waals surface area (Å²) in [4.78, 5) is 10.2. The van der Waals surface area contributed by atoms with Crippen LogP contribution in [0.1, 0.15) is 28.9 Å². The van der Waals surface area contributed by atoms with E-state index in [9.17, 15) is 0 Å². The summed E-state index contributed by atoms with van der Waals surface area (Å²) in [5.74, 6) is 1.90. The molecule has 0 unspecified atom stereocenters. The zero-order valence-electron chi connectivity index (χ0n) is 29.5. The Labute approximate surface area is 308 Å². The van der Waals surface area contributed by atoms with E-state index >= 15 is 0 Å². The number of hydrogen-bond donors (Lipinski definition) is 0. The molecule has 0 aliphatic heterocycles. The molecule has 0 saturated carbocycles. The zero-order valence-corrected chi connectivity index (χ0v) is 29.5. The minimum atomic E-state index is 0.902. The summed E-state index contributed by atoms with van der Waals surface area (Å²) in [5, 5.41) is 4.77. The van der Waals surface area contributed by atoms with Crippen LogP contribution in [0.3, 0.4) is 0 Å². The highest BCUT2D eigenvalue weighted by Gasteiger charge is 2.21. The van der Waals surface area contributed by atoms with Crippen molar-refractivity contribution >= 4 is 44.4 Å². The molecule has 7 aromatic carbocycles. The Hall–Kier alpha value is -6.78. The Balaban J connectivity index is 0.982. The van der Waals surface area contributed by atoms with Crippen LogP contribution in [0.4, 0.5) is 0 Å². The maximum absolute atomic E-state index is 5.13. The quantitative estimate of drug-likeness (QED) is 0.175. The number of hydrogen-bond acceptors (Lipinski definition) is 2. The third kappa shape index (κ3) is 5.30. The molecule has 0 amide bonds. The van der Waals surface area contributed by atoms with Gasteiger partial charge in [0.2, 0.25) is 0 Å². The first-order chi connectivity index (χ1) is 26.1. The molecule has 0 N–H and O–H groups in total. The van der Waals surface area contributed by atoms with Crippen molar-refractivity contribution in [1.29, 1.82) is 0 Å². The van der Waals surface area contributed by atoms with E-state index < -0.39 is 0 Å². The van der Waals surface area contributed by atoms with Crippen LogP contribution in [0.5, 0.6) is 0 Å². The first-order valence-electron chi connectivity index (χ1n) is 18.2. The molecule has 2 aromatic heterocycles. The molecular weight excluding hydrogens is 645 g/mol. The average molecular weight is 681 g/mol. The van der Waals surface area contributed by atoms with E-state index in [0.29, 0.717) is 0 Å². The third-order valence-corrected chi connectivity index (χ3v) is 10.7. The van der Waals surface area contributed by atoms with Gasteiger partial charge in [-0.25, -0.2) is 9.97 Å². The first-order valence-corrected chi connectivity index (χ1v) is 18.2. The van der Waals surface area contributed by atoms with Gasteiger partial charge in [0, 0.05) is 22.5 Å². The summed E-state index contributed by atoms with van der Waals surface area (Å²) in [7, 11) is 0. The fraction of sp³-hybridized carbons (Fsp3) is 0.0612. The molecule has 9 aromatic rings. The van der Waals surface area contributed by atoms with Gasteiger partial charge in [0.1, 0.15) is 11.6 Å². The van der Waals surface area contributed by atoms with E-state index in [1.54, 1.807) is 0 Å². The lowest BCUT2D eigenvalue weighted by atomic mass is 9.97. The number of allylic oxidation sites excluding steroid dienone is 1. The lowest BCUT2D eigenvalue weighted by molar-refractivity contribution is 0.878. The van der Waals surface area contributed by atoms with E-state index in [2.05, 4.69) is 180 Å². The minimum Gasteiger partial charge on any atom is -0.296 e. The van der Waals surface area contributed by atoms with Gasteiger partial charge in [0.25, 0.3) is 0 Å². The Morgan fingerprint density at radius 2 is 1.25 bits per heavy atom. The predicted octanol–water partition coefficient (Wildman–Crippen LogP) is 12.3. The van der Waals surface area contributed by atoms with Gasteiger partial charge in [-0.1, -0.05) is 116 Å². The molecular formula is C49H36N4. The van der Waals surface area contributed by atoms with E-state index in [1.807, 2.05) is 6.07 Å². The average Bonchev–Trinajstić information content (AvgIpc) is 3.80. The highest BCUT2D eigenvalue weighted by atomic mass is 15.1. The molecule has 4 heteroatoms. The van der Waals surface area contributed by atoms with Gasteiger partial charge in [-0.3, -0.25) is 9.13 Å². The van der Waals surface area contributed by atoms with Gasteiger partial charge < -0.3 is 0 Å². The Kier molecular flexibility index (Phi) is 7.29. The van der Waals surface area contributed by atoms with Crippen molar-refractivity contribution in [2.75, 3.05) is 0 Å². The molecule has 1 aliphatic carbocycles. The van der Waals surface area contributed by atoms with Crippen LogP contribution in [0, 0.1) is 6.92 Å². The third-order valence-electron chi connectivity index (χ3n) is 10.7. The molecule has 0 saturated heterocycles. The van der Waals surface area contributed by atoms with Gasteiger partial charge in [-0.2, -0.15) is 0 Å². The molecule has 1 aliphatic rings. The number of rotatable bonds is 6. The number of fused-ring (bicyclic) bond motifs is 4. The smallest absolute Gasteiger partial charge is 0.145 e. The molecule has 0 fully saturated rings. The predicted molar refractivity (Wildman–Crippen MR) is 221 cm³/mol. The molecule has 4 nitrogen and oxygen atoms in total. The first kappa shape index (κ1) is 31.0. The summed E-state index contributed by atoms with van der Waals surface area (Å²) in [5.41, 5.74) is 13.3.